The molecule has 3 nitrogen and oxygen atoms in total. The van der Waals surface area contributed by atoms with E-state index < -0.39 is 0 Å². The van der Waals surface area contributed by atoms with Gasteiger partial charge in [0.2, 0.25) is 5.95 Å². The van der Waals surface area contributed by atoms with E-state index >= 15 is 0 Å². The highest BCUT2D eigenvalue weighted by Gasteiger charge is 2.11. The molecule has 0 aliphatic rings. The number of nitrogens with zero attached hydrogens (tertiary/aromatic N) is 2. The lowest BCUT2D eigenvalue weighted by molar-refractivity contribution is 0.629. The lowest BCUT2D eigenvalue weighted by Crippen LogP contribution is -2.00. The highest BCUT2D eigenvalue weighted by molar-refractivity contribution is 9.10. The molecule has 0 aliphatic carbocycles. The Bertz CT molecular complexity index is 785. The fraction of sp³-hybridized carbons (Fsp3) is 0. The molecule has 0 fully saturated rings. The number of nitrogen functional groups attached to an aromatic ring is 1. The van der Waals surface area contributed by atoms with Crippen molar-refractivity contribution in [1.29, 1.82) is 0 Å². The molecule has 0 bridgehead atoms. The van der Waals surface area contributed by atoms with Gasteiger partial charge < -0.3 is 5.73 Å². The monoisotopic (exact) mass is 339 g/mol. The van der Waals surface area contributed by atoms with Crippen LogP contribution >= 0.6 is 27.5 Å². The fourth-order valence-corrected chi connectivity index (χ4v) is 2.39. The predicted octanol–water partition coefficient (Wildman–Crippen LogP) is 4.16. The van der Waals surface area contributed by atoms with E-state index in [9.17, 15) is 4.39 Å². The van der Waals surface area contributed by atoms with E-state index in [0.717, 1.165) is 15.7 Å². The third-order valence-corrected chi connectivity index (χ3v) is 4.04. The Kier molecular flexibility index (Phi) is 2.95. The van der Waals surface area contributed by atoms with Crippen molar-refractivity contribution in [3.8, 4) is 5.69 Å². The van der Waals surface area contributed by atoms with Gasteiger partial charge in [0.05, 0.1) is 21.7 Å². The van der Waals surface area contributed by atoms with Crippen LogP contribution in [0, 0.1) is 5.82 Å². The zero-order valence-electron chi connectivity index (χ0n) is 9.57. The third-order valence-electron chi connectivity index (χ3n) is 2.80. The summed E-state index contributed by atoms with van der Waals surface area (Å²) in [4.78, 5) is 4.15. The molecular weight excluding hydrogens is 333 g/mol. The van der Waals surface area contributed by atoms with Gasteiger partial charge in [-0.1, -0.05) is 11.6 Å². The van der Waals surface area contributed by atoms with Gasteiger partial charge in [0.1, 0.15) is 5.82 Å². The molecule has 6 heteroatoms. The summed E-state index contributed by atoms with van der Waals surface area (Å²) in [5.41, 5.74) is 7.92. The number of imidazole rings is 1. The fourth-order valence-electron chi connectivity index (χ4n) is 1.97. The number of nitrogens with two attached hydrogens (primary N) is 1. The number of rotatable bonds is 1. The van der Waals surface area contributed by atoms with Gasteiger partial charge >= 0.3 is 0 Å². The summed E-state index contributed by atoms with van der Waals surface area (Å²) in [7, 11) is 0. The van der Waals surface area contributed by atoms with Gasteiger partial charge in [-0.05, 0) is 46.3 Å². The molecular formula is C13H8BrClFN3. The largest absolute Gasteiger partial charge is 0.369 e. The molecule has 3 rings (SSSR count). The summed E-state index contributed by atoms with van der Waals surface area (Å²) < 4.78 is 15.7. The second-order valence-corrected chi connectivity index (χ2v) is 5.30. The molecule has 0 atom stereocenters. The summed E-state index contributed by atoms with van der Waals surface area (Å²) in [6, 6.07) is 9.82. The predicted molar refractivity (Wildman–Crippen MR) is 78.2 cm³/mol. The van der Waals surface area contributed by atoms with E-state index in [2.05, 4.69) is 20.9 Å². The minimum atomic E-state index is -0.342. The molecule has 1 aromatic heterocycles. The molecule has 19 heavy (non-hydrogen) atoms. The molecule has 1 heterocycles. The molecule has 0 amide bonds. The maximum Gasteiger partial charge on any atom is 0.205 e. The number of aromatic nitrogens is 2. The van der Waals surface area contributed by atoms with Gasteiger partial charge in [-0.2, -0.15) is 0 Å². The normalized spacial score (nSPS) is 11.1. The third kappa shape index (κ3) is 2.09. The first-order chi connectivity index (χ1) is 9.06. The number of halogens is 3. The van der Waals surface area contributed by atoms with Crippen LogP contribution < -0.4 is 5.73 Å². The lowest BCUT2D eigenvalue weighted by Gasteiger charge is -2.07. The molecule has 0 saturated carbocycles. The van der Waals surface area contributed by atoms with E-state index in [1.807, 2.05) is 12.1 Å². The van der Waals surface area contributed by atoms with E-state index in [-0.39, 0.29) is 5.82 Å². The smallest absolute Gasteiger partial charge is 0.205 e. The molecule has 0 radical (unpaired) electrons. The minimum Gasteiger partial charge on any atom is -0.369 e. The van der Waals surface area contributed by atoms with E-state index in [4.69, 9.17) is 17.3 Å². The summed E-state index contributed by atoms with van der Waals surface area (Å²) in [6.07, 6.45) is 0. The van der Waals surface area contributed by atoms with Crippen LogP contribution in [-0.4, -0.2) is 9.55 Å². The van der Waals surface area contributed by atoms with Crippen molar-refractivity contribution >= 4 is 44.5 Å². The van der Waals surface area contributed by atoms with Crippen molar-refractivity contribution in [1.82, 2.24) is 9.55 Å². The molecule has 2 N–H and O–H groups in total. The highest BCUT2D eigenvalue weighted by Crippen LogP contribution is 2.29. The van der Waals surface area contributed by atoms with Gasteiger partial charge in [0.25, 0.3) is 0 Å². The maximum atomic E-state index is 13.2. The maximum absolute atomic E-state index is 13.2. The zero-order chi connectivity index (χ0) is 13.6. The van der Waals surface area contributed by atoms with Crippen molar-refractivity contribution in [3.05, 3.63) is 51.7 Å². The molecule has 3 aromatic rings. The Morgan fingerprint density at radius 1 is 1.21 bits per heavy atom. The van der Waals surface area contributed by atoms with Crippen LogP contribution in [0.25, 0.3) is 16.7 Å². The summed E-state index contributed by atoms with van der Waals surface area (Å²) in [5, 5.41) is 0.570. The first-order valence-electron chi connectivity index (χ1n) is 5.45. The van der Waals surface area contributed by atoms with Gasteiger partial charge in [0, 0.05) is 10.5 Å². The highest BCUT2D eigenvalue weighted by atomic mass is 79.9. The molecule has 0 aliphatic heterocycles. The van der Waals surface area contributed by atoms with Crippen LogP contribution in [0.1, 0.15) is 0 Å². The molecule has 0 saturated heterocycles. The average Bonchev–Trinajstić information content (AvgIpc) is 2.68. The van der Waals surface area contributed by atoms with Crippen LogP contribution in [0.2, 0.25) is 5.02 Å². The van der Waals surface area contributed by atoms with Gasteiger partial charge in [0.15, 0.2) is 0 Å². The summed E-state index contributed by atoms with van der Waals surface area (Å²) >= 11 is 9.41. The van der Waals surface area contributed by atoms with Crippen molar-refractivity contribution in [2.24, 2.45) is 0 Å². The number of anilines is 1. The first kappa shape index (κ1) is 12.4. The van der Waals surface area contributed by atoms with Crippen LogP contribution in [0.3, 0.4) is 0 Å². The molecule has 0 unspecified atom stereocenters. The standard InChI is InChI=1S/C13H8BrClFN3/c14-9-3-2-8(6-10(9)15)19-12-4-1-7(16)5-11(12)18-13(19)17/h1-6H,(H2,17,18). The van der Waals surface area contributed by atoms with Crippen LogP contribution in [0.5, 0.6) is 0 Å². The Hall–Kier alpha value is -1.59. The quantitative estimate of drug-likeness (QED) is 0.723. The Morgan fingerprint density at radius 3 is 2.74 bits per heavy atom. The van der Waals surface area contributed by atoms with Crippen LogP contribution in [0.15, 0.2) is 40.9 Å². The minimum absolute atomic E-state index is 0.291. The number of hydrogen-bond acceptors (Lipinski definition) is 2. The van der Waals surface area contributed by atoms with Gasteiger partial charge in [-0.3, -0.25) is 4.57 Å². The van der Waals surface area contributed by atoms with Crippen molar-refractivity contribution in [3.63, 3.8) is 0 Å². The summed E-state index contributed by atoms with van der Waals surface area (Å²) in [6.45, 7) is 0. The zero-order valence-corrected chi connectivity index (χ0v) is 11.9. The van der Waals surface area contributed by atoms with Crippen LogP contribution in [-0.2, 0) is 0 Å². The average molecular weight is 341 g/mol. The Morgan fingerprint density at radius 2 is 2.00 bits per heavy atom. The van der Waals surface area contributed by atoms with Crippen LogP contribution in [0.4, 0.5) is 10.3 Å². The molecule has 2 aromatic carbocycles. The summed E-state index contributed by atoms with van der Waals surface area (Å²) in [5.74, 6) is -0.0509. The Labute approximate surface area is 121 Å². The van der Waals surface area contributed by atoms with Crippen molar-refractivity contribution < 1.29 is 4.39 Å². The SMILES string of the molecule is Nc1nc2cc(F)ccc2n1-c1ccc(Br)c(Cl)c1. The van der Waals surface area contributed by atoms with Gasteiger partial charge in [-0.25, -0.2) is 9.37 Å². The number of benzene rings is 2. The molecule has 96 valence electrons. The van der Waals surface area contributed by atoms with E-state index in [1.54, 1.807) is 16.7 Å². The molecule has 0 spiro atoms. The number of fused-ring (bicyclic) bond motifs is 1. The Balaban J connectivity index is 2.29. The van der Waals surface area contributed by atoms with E-state index in [1.165, 1.54) is 12.1 Å². The van der Waals surface area contributed by atoms with Gasteiger partial charge in [-0.15, -0.1) is 0 Å². The first-order valence-corrected chi connectivity index (χ1v) is 6.62. The second-order valence-electron chi connectivity index (χ2n) is 4.04. The van der Waals surface area contributed by atoms with E-state index in [0.29, 0.717) is 16.5 Å². The topological polar surface area (TPSA) is 43.8 Å². The van der Waals surface area contributed by atoms with Crippen molar-refractivity contribution in [2.45, 2.75) is 0 Å². The second kappa shape index (κ2) is 4.51. The number of hydrogen-bond donors (Lipinski definition) is 1. The lowest BCUT2D eigenvalue weighted by atomic mass is 10.2. The van der Waals surface area contributed by atoms with Crippen molar-refractivity contribution in [2.75, 3.05) is 5.73 Å².